The summed E-state index contributed by atoms with van der Waals surface area (Å²) in [6, 6.07) is 11.3. The van der Waals surface area contributed by atoms with Crippen LogP contribution < -0.4 is 16.0 Å². The van der Waals surface area contributed by atoms with Gasteiger partial charge in [-0.15, -0.1) is 0 Å². The molecule has 0 radical (unpaired) electrons. The number of nitrogens with one attached hydrogen (secondary N) is 1. The van der Waals surface area contributed by atoms with Gasteiger partial charge in [-0.25, -0.2) is 17.7 Å². The van der Waals surface area contributed by atoms with E-state index in [1.54, 1.807) is 4.31 Å². The van der Waals surface area contributed by atoms with Gasteiger partial charge in [0.1, 0.15) is 5.82 Å². The van der Waals surface area contributed by atoms with Crippen molar-refractivity contribution in [2.75, 3.05) is 36.4 Å². The Balaban J connectivity index is 1.15. The van der Waals surface area contributed by atoms with Crippen LogP contribution in [-0.2, 0) is 22.9 Å². The first-order valence-electron chi connectivity index (χ1n) is 14.6. The molecule has 1 unspecified atom stereocenters. The van der Waals surface area contributed by atoms with E-state index in [1.165, 1.54) is 35.2 Å². The molecule has 1 aromatic carbocycles. The van der Waals surface area contributed by atoms with E-state index in [4.69, 9.17) is 10.7 Å². The van der Waals surface area contributed by atoms with E-state index in [1.807, 2.05) is 6.20 Å². The van der Waals surface area contributed by atoms with Crippen molar-refractivity contribution < 1.29 is 8.42 Å². The maximum Gasteiger partial charge on any atom is 0.216 e. The summed E-state index contributed by atoms with van der Waals surface area (Å²) in [6.45, 7) is 3.07. The van der Waals surface area contributed by atoms with Gasteiger partial charge in [-0.3, -0.25) is 4.98 Å². The molecule has 0 spiro atoms. The Bertz CT molecular complexity index is 1500. The maximum absolute atomic E-state index is 12.6. The van der Waals surface area contributed by atoms with Gasteiger partial charge in [0.2, 0.25) is 10.0 Å². The van der Waals surface area contributed by atoms with E-state index in [-0.39, 0.29) is 17.3 Å². The Morgan fingerprint density at radius 2 is 1.72 bits per heavy atom. The summed E-state index contributed by atoms with van der Waals surface area (Å²) in [4.78, 5) is 12.2. The van der Waals surface area contributed by atoms with Gasteiger partial charge in [-0.2, -0.15) is 0 Å². The Morgan fingerprint density at radius 3 is 2.49 bits per heavy atom. The molecule has 9 heteroatoms. The van der Waals surface area contributed by atoms with E-state index in [0.29, 0.717) is 13.1 Å². The number of aryl methyl sites for hydroxylation is 1. The average Bonchev–Trinajstić information content (AvgIpc) is 3.74. The van der Waals surface area contributed by atoms with Crippen molar-refractivity contribution >= 4 is 32.4 Å². The van der Waals surface area contributed by atoms with Crippen LogP contribution in [0.4, 0.5) is 11.5 Å². The van der Waals surface area contributed by atoms with Crippen molar-refractivity contribution in [1.29, 1.82) is 0 Å². The number of benzene rings is 1. The molecule has 8 nitrogen and oxygen atoms in total. The number of pyridine rings is 2. The Morgan fingerprint density at radius 1 is 0.923 bits per heavy atom. The van der Waals surface area contributed by atoms with E-state index < -0.39 is 10.0 Å². The molecule has 1 atom stereocenters. The lowest BCUT2D eigenvalue weighted by Gasteiger charge is -2.32. The molecule has 1 saturated carbocycles. The normalized spacial score (nSPS) is 22.8. The summed E-state index contributed by atoms with van der Waals surface area (Å²) in [5, 5.41) is 4.67. The highest BCUT2D eigenvalue weighted by atomic mass is 32.2. The first-order valence-corrected chi connectivity index (χ1v) is 16.1. The molecule has 0 amide bonds. The van der Waals surface area contributed by atoms with Gasteiger partial charge < -0.3 is 16.0 Å². The summed E-state index contributed by atoms with van der Waals surface area (Å²) in [5.74, 6) is 0.838. The van der Waals surface area contributed by atoms with Crippen LogP contribution in [0.15, 0.2) is 36.5 Å². The number of anilines is 2. The number of fused-ring (bicyclic) bond motifs is 2. The molecule has 2 aliphatic heterocycles. The van der Waals surface area contributed by atoms with Crippen molar-refractivity contribution in [3.8, 4) is 11.1 Å². The van der Waals surface area contributed by atoms with E-state index in [0.717, 1.165) is 80.5 Å². The Hall–Kier alpha value is -2.75. The van der Waals surface area contributed by atoms with Crippen molar-refractivity contribution in [3.05, 3.63) is 47.8 Å². The molecule has 0 bridgehead atoms. The standard InChI is InChI=1S/C30H38N6O2S/c31-22-10-14-35(19-22)30-25-3-1-2-4-27(25)34-28-8-5-20(17-26(28)30)21-9-13-32-29(18-21)33-23-11-15-36(16-12-23)39(37,38)24-6-7-24/h5,8-9,13,17-18,22-24H,1-4,6-7,10-12,14-16,19,31H2,(H,32,33). The van der Waals surface area contributed by atoms with Crippen molar-refractivity contribution in [2.24, 2.45) is 5.73 Å². The van der Waals surface area contributed by atoms with Crippen molar-refractivity contribution in [1.82, 2.24) is 14.3 Å². The van der Waals surface area contributed by atoms with Gasteiger partial charge in [0.05, 0.1) is 16.5 Å². The van der Waals surface area contributed by atoms with Crippen LogP contribution in [0.5, 0.6) is 0 Å². The molecule has 3 fully saturated rings. The summed E-state index contributed by atoms with van der Waals surface area (Å²) < 4.78 is 26.9. The summed E-state index contributed by atoms with van der Waals surface area (Å²) in [7, 11) is -3.09. The third-order valence-electron chi connectivity index (χ3n) is 8.98. The van der Waals surface area contributed by atoms with Crippen molar-refractivity contribution in [3.63, 3.8) is 0 Å². The number of aromatic nitrogens is 2. The van der Waals surface area contributed by atoms with Crippen LogP contribution in [0, 0.1) is 0 Å². The van der Waals surface area contributed by atoms with Crippen LogP contribution in [0.3, 0.4) is 0 Å². The number of hydrogen-bond donors (Lipinski definition) is 2. The first kappa shape index (κ1) is 25.2. The Labute approximate surface area is 231 Å². The minimum absolute atomic E-state index is 0.134. The fourth-order valence-corrected chi connectivity index (χ4v) is 8.53. The van der Waals surface area contributed by atoms with Gasteiger partial charge >= 0.3 is 0 Å². The van der Waals surface area contributed by atoms with E-state index >= 15 is 0 Å². The fraction of sp³-hybridized carbons (Fsp3) is 0.533. The largest absolute Gasteiger partial charge is 0.369 e. The molecule has 3 N–H and O–H groups in total. The third-order valence-corrected chi connectivity index (χ3v) is 11.4. The molecular weight excluding hydrogens is 508 g/mol. The van der Waals surface area contributed by atoms with Crippen LogP contribution in [0.2, 0.25) is 0 Å². The predicted molar refractivity (Wildman–Crippen MR) is 157 cm³/mol. The van der Waals surface area contributed by atoms with Gasteiger partial charge in [0.25, 0.3) is 0 Å². The highest BCUT2D eigenvalue weighted by Gasteiger charge is 2.41. The number of rotatable bonds is 6. The second-order valence-corrected chi connectivity index (χ2v) is 14.0. The van der Waals surface area contributed by atoms with E-state index in [9.17, 15) is 8.42 Å². The molecule has 39 heavy (non-hydrogen) atoms. The zero-order chi connectivity index (χ0) is 26.6. The number of piperidine rings is 1. The first-order chi connectivity index (χ1) is 19.0. The second kappa shape index (κ2) is 10.0. The number of sulfonamides is 1. The molecule has 206 valence electrons. The second-order valence-electron chi connectivity index (χ2n) is 11.8. The predicted octanol–water partition coefficient (Wildman–Crippen LogP) is 4.08. The summed E-state index contributed by atoms with van der Waals surface area (Å²) in [6.07, 6.45) is 10.7. The average molecular weight is 547 g/mol. The molecular formula is C30H38N6O2S. The quantitative estimate of drug-likeness (QED) is 0.480. The molecule has 7 rings (SSSR count). The van der Waals surface area contributed by atoms with Crippen LogP contribution >= 0.6 is 0 Å². The van der Waals surface area contributed by atoms with Gasteiger partial charge in [0, 0.05) is 55.5 Å². The lowest BCUT2D eigenvalue weighted by molar-refractivity contribution is 0.329. The maximum atomic E-state index is 12.6. The number of hydrogen-bond acceptors (Lipinski definition) is 7. The lowest BCUT2D eigenvalue weighted by Crippen LogP contribution is -2.43. The SMILES string of the molecule is NC1CCN(c2c3c(nc4ccc(-c5ccnc(NC6CCN(S(=O)(=O)C7CC7)CC6)c5)cc24)CCCC3)C1. The van der Waals surface area contributed by atoms with Crippen LogP contribution in [-0.4, -0.2) is 66.2 Å². The zero-order valence-electron chi connectivity index (χ0n) is 22.5. The molecule has 2 aliphatic carbocycles. The third kappa shape index (κ3) is 4.89. The molecule has 3 aromatic rings. The molecule has 4 heterocycles. The highest BCUT2D eigenvalue weighted by molar-refractivity contribution is 7.90. The molecule has 2 saturated heterocycles. The van der Waals surface area contributed by atoms with Crippen molar-refractivity contribution in [2.45, 2.75) is 75.1 Å². The lowest BCUT2D eigenvalue weighted by atomic mass is 9.91. The van der Waals surface area contributed by atoms with Gasteiger partial charge in [-0.1, -0.05) is 6.07 Å². The minimum Gasteiger partial charge on any atom is -0.369 e. The molecule has 4 aliphatic rings. The monoisotopic (exact) mass is 546 g/mol. The van der Waals surface area contributed by atoms with Crippen LogP contribution in [0.1, 0.15) is 56.2 Å². The highest BCUT2D eigenvalue weighted by Crippen LogP contribution is 2.39. The van der Waals surface area contributed by atoms with Crippen LogP contribution in [0.25, 0.3) is 22.0 Å². The topological polar surface area (TPSA) is 104 Å². The number of nitrogens with zero attached hydrogens (tertiary/aromatic N) is 4. The summed E-state index contributed by atoms with van der Waals surface area (Å²) >= 11 is 0. The molecule has 2 aromatic heterocycles. The minimum atomic E-state index is -3.09. The zero-order valence-corrected chi connectivity index (χ0v) is 23.3. The Kier molecular flexibility index (Phi) is 6.48. The smallest absolute Gasteiger partial charge is 0.216 e. The fourth-order valence-electron chi connectivity index (χ4n) is 6.66. The van der Waals surface area contributed by atoms with Gasteiger partial charge in [-0.05, 0) is 98.7 Å². The summed E-state index contributed by atoms with van der Waals surface area (Å²) in [5.41, 5.74) is 13.7. The number of nitrogens with two attached hydrogens (primary N) is 1. The van der Waals surface area contributed by atoms with Gasteiger partial charge in [0.15, 0.2) is 0 Å². The van der Waals surface area contributed by atoms with E-state index in [2.05, 4.69) is 45.5 Å².